The lowest BCUT2D eigenvalue weighted by atomic mass is 10.0. The van der Waals surface area contributed by atoms with Crippen molar-refractivity contribution in [2.75, 3.05) is 12.4 Å². The number of benzene rings is 2. The molecule has 0 amide bonds. The van der Waals surface area contributed by atoms with Crippen LogP contribution in [0.4, 0.5) is 5.69 Å². The van der Waals surface area contributed by atoms with Crippen LogP contribution >= 0.6 is 0 Å². The Morgan fingerprint density at radius 3 is 2.35 bits per heavy atom. The number of aryl methyl sites for hydroxylation is 1. The number of rotatable bonds is 5. The number of esters is 1. The van der Waals surface area contributed by atoms with Gasteiger partial charge in [-0.15, -0.1) is 0 Å². The van der Waals surface area contributed by atoms with Crippen LogP contribution in [0.1, 0.15) is 23.6 Å². The van der Waals surface area contributed by atoms with Gasteiger partial charge >= 0.3 is 5.97 Å². The van der Waals surface area contributed by atoms with Gasteiger partial charge in [-0.1, -0.05) is 48.0 Å². The van der Waals surface area contributed by atoms with Crippen LogP contribution in [0.15, 0.2) is 54.6 Å². The largest absolute Gasteiger partial charge is 0.469 e. The van der Waals surface area contributed by atoms with E-state index in [1.165, 1.54) is 12.7 Å². The molecular formula is C17H19NO2. The van der Waals surface area contributed by atoms with Gasteiger partial charge in [0.15, 0.2) is 0 Å². The van der Waals surface area contributed by atoms with Crippen LogP contribution in [-0.2, 0) is 9.53 Å². The van der Waals surface area contributed by atoms with Crippen molar-refractivity contribution in [2.45, 2.75) is 19.4 Å². The molecule has 3 heteroatoms. The lowest BCUT2D eigenvalue weighted by Crippen LogP contribution is -2.16. The lowest BCUT2D eigenvalue weighted by molar-refractivity contribution is -0.140. The topological polar surface area (TPSA) is 38.3 Å². The molecule has 0 unspecified atom stereocenters. The van der Waals surface area contributed by atoms with E-state index in [-0.39, 0.29) is 12.0 Å². The molecule has 0 aliphatic carbocycles. The molecular weight excluding hydrogens is 250 g/mol. The molecule has 0 aliphatic rings. The summed E-state index contributed by atoms with van der Waals surface area (Å²) in [6, 6.07) is 17.9. The van der Waals surface area contributed by atoms with Crippen LogP contribution in [0.2, 0.25) is 0 Å². The Morgan fingerprint density at radius 1 is 1.10 bits per heavy atom. The quantitative estimate of drug-likeness (QED) is 0.841. The SMILES string of the molecule is COC(=O)C[C@H](Nc1ccccc1)c1ccc(C)cc1. The van der Waals surface area contributed by atoms with Gasteiger partial charge in [-0.05, 0) is 24.6 Å². The van der Waals surface area contributed by atoms with Crippen LogP contribution in [0.25, 0.3) is 0 Å². The smallest absolute Gasteiger partial charge is 0.307 e. The van der Waals surface area contributed by atoms with E-state index >= 15 is 0 Å². The molecule has 0 heterocycles. The Labute approximate surface area is 119 Å². The number of hydrogen-bond acceptors (Lipinski definition) is 3. The number of ether oxygens (including phenoxy) is 1. The first-order chi connectivity index (χ1) is 9.69. The molecule has 0 fully saturated rings. The third kappa shape index (κ3) is 3.85. The zero-order chi connectivity index (χ0) is 14.4. The maximum Gasteiger partial charge on any atom is 0.307 e. The van der Waals surface area contributed by atoms with Gasteiger partial charge in [0.2, 0.25) is 0 Å². The molecule has 2 aromatic carbocycles. The van der Waals surface area contributed by atoms with E-state index in [9.17, 15) is 4.79 Å². The van der Waals surface area contributed by atoms with Crippen molar-refractivity contribution < 1.29 is 9.53 Å². The van der Waals surface area contributed by atoms with E-state index in [4.69, 9.17) is 4.74 Å². The molecule has 0 spiro atoms. The summed E-state index contributed by atoms with van der Waals surface area (Å²) in [5, 5.41) is 3.38. The Hall–Kier alpha value is -2.29. The summed E-state index contributed by atoms with van der Waals surface area (Å²) < 4.78 is 4.78. The summed E-state index contributed by atoms with van der Waals surface area (Å²) in [5.41, 5.74) is 3.26. The minimum absolute atomic E-state index is 0.0922. The summed E-state index contributed by atoms with van der Waals surface area (Å²) in [6.07, 6.45) is 0.300. The van der Waals surface area contributed by atoms with E-state index in [0.29, 0.717) is 6.42 Å². The van der Waals surface area contributed by atoms with Crippen molar-refractivity contribution >= 4 is 11.7 Å². The minimum atomic E-state index is -0.223. The molecule has 1 N–H and O–H groups in total. The number of hydrogen-bond donors (Lipinski definition) is 1. The Kier molecular flexibility index (Phi) is 4.77. The summed E-state index contributed by atoms with van der Waals surface area (Å²) in [7, 11) is 1.41. The highest BCUT2D eigenvalue weighted by atomic mass is 16.5. The molecule has 1 atom stereocenters. The first-order valence-corrected chi connectivity index (χ1v) is 6.64. The van der Waals surface area contributed by atoms with Crippen molar-refractivity contribution in [3.05, 3.63) is 65.7 Å². The second kappa shape index (κ2) is 6.75. The normalized spacial score (nSPS) is 11.7. The van der Waals surface area contributed by atoms with Crippen LogP contribution in [0, 0.1) is 6.92 Å². The molecule has 2 rings (SSSR count). The molecule has 0 aromatic heterocycles. The van der Waals surface area contributed by atoms with Gasteiger partial charge < -0.3 is 10.1 Å². The fourth-order valence-corrected chi connectivity index (χ4v) is 2.04. The first kappa shape index (κ1) is 14.1. The number of anilines is 1. The highest BCUT2D eigenvalue weighted by Gasteiger charge is 2.16. The standard InChI is InChI=1S/C17H19NO2/c1-13-8-10-14(11-9-13)16(12-17(19)20-2)18-15-6-4-3-5-7-15/h3-11,16,18H,12H2,1-2H3/t16-/m0/s1. The predicted molar refractivity (Wildman–Crippen MR) is 80.6 cm³/mol. The maximum absolute atomic E-state index is 11.6. The zero-order valence-corrected chi connectivity index (χ0v) is 11.8. The number of carbonyl (C=O) groups excluding carboxylic acids is 1. The second-order valence-corrected chi connectivity index (χ2v) is 4.75. The summed E-state index contributed by atoms with van der Waals surface area (Å²) >= 11 is 0. The van der Waals surface area contributed by atoms with Gasteiger partial charge in [0.25, 0.3) is 0 Å². The van der Waals surface area contributed by atoms with Gasteiger partial charge in [-0.2, -0.15) is 0 Å². The van der Waals surface area contributed by atoms with E-state index in [0.717, 1.165) is 11.3 Å². The van der Waals surface area contributed by atoms with Gasteiger partial charge in [0.05, 0.1) is 19.6 Å². The van der Waals surface area contributed by atoms with Gasteiger partial charge in [-0.25, -0.2) is 0 Å². The first-order valence-electron chi connectivity index (χ1n) is 6.64. The van der Waals surface area contributed by atoms with E-state index in [2.05, 4.69) is 5.32 Å². The molecule has 20 heavy (non-hydrogen) atoms. The fourth-order valence-electron chi connectivity index (χ4n) is 2.04. The molecule has 104 valence electrons. The third-order valence-corrected chi connectivity index (χ3v) is 3.19. The number of nitrogens with one attached hydrogen (secondary N) is 1. The molecule has 0 aliphatic heterocycles. The van der Waals surface area contributed by atoms with Crippen molar-refractivity contribution in [3.63, 3.8) is 0 Å². The predicted octanol–water partition coefficient (Wildman–Crippen LogP) is 3.71. The number of carbonyl (C=O) groups is 1. The Bertz CT molecular complexity index is 549. The molecule has 2 aromatic rings. The average Bonchev–Trinajstić information content (AvgIpc) is 2.48. The molecule has 0 bridgehead atoms. The van der Waals surface area contributed by atoms with E-state index < -0.39 is 0 Å². The van der Waals surface area contributed by atoms with Gasteiger partial charge in [-0.3, -0.25) is 4.79 Å². The highest BCUT2D eigenvalue weighted by Crippen LogP contribution is 2.23. The fraction of sp³-hybridized carbons (Fsp3) is 0.235. The van der Waals surface area contributed by atoms with Crippen molar-refractivity contribution in [3.8, 4) is 0 Å². The van der Waals surface area contributed by atoms with Crippen LogP contribution in [0.5, 0.6) is 0 Å². The summed E-state index contributed by atoms with van der Waals surface area (Å²) in [5.74, 6) is -0.223. The third-order valence-electron chi connectivity index (χ3n) is 3.19. The summed E-state index contributed by atoms with van der Waals surface area (Å²) in [4.78, 5) is 11.6. The van der Waals surface area contributed by atoms with Crippen molar-refractivity contribution in [2.24, 2.45) is 0 Å². The Balaban J connectivity index is 2.20. The maximum atomic E-state index is 11.6. The van der Waals surface area contributed by atoms with Gasteiger partial charge in [0, 0.05) is 5.69 Å². The van der Waals surface area contributed by atoms with Crippen molar-refractivity contribution in [1.82, 2.24) is 0 Å². The van der Waals surface area contributed by atoms with E-state index in [1.807, 2.05) is 61.5 Å². The molecule has 3 nitrogen and oxygen atoms in total. The van der Waals surface area contributed by atoms with Crippen LogP contribution < -0.4 is 5.32 Å². The summed E-state index contributed by atoms with van der Waals surface area (Å²) in [6.45, 7) is 2.05. The number of para-hydroxylation sites is 1. The monoisotopic (exact) mass is 269 g/mol. The van der Waals surface area contributed by atoms with E-state index in [1.54, 1.807) is 0 Å². The second-order valence-electron chi connectivity index (χ2n) is 4.75. The van der Waals surface area contributed by atoms with Crippen LogP contribution in [0.3, 0.4) is 0 Å². The molecule has 0 saturated carbocycles. The number of methoxy groups -OCH3 is 1. The average molecular weight is 269 g/mol. The van der Waals surface area contributed by atoms with Crippen LogP contribution in [-0.4, -0.2) is 13.1 Å². The molecule has 0 saturated heterocycles. The van der Waals surface area contributed by atoms with Gasteiger partial charge in [0.1, 0.15) is 0 Å². The zero-order valence-electron chi connectivity index (χ0n) is 11.8. The highest BCUT2D eigenvalue weighted by molar-refractivity contribution is 5.71. The Morgan fingerprint density at radius 2 is 1.75 bits per heavy atom. The van der Waals surface area contributed by atoms with Crippen molar-refractivity contribution in [1.29, 1.82) is 0 Å². The lowest BCUT2D eigenvalue weighted by Gasteiger charge is -2.19. The molecule has 0 radical (unpaired) electrons. The minimum Gasteiger partial charge on any atom is -0.469 e.